The molecule has 0 bridgehead atoms. The van der Waals surface area contributed by atoms with E-state index in [1.54, 1.807) is 0 Å². The number of nitrogens with zero attached hydrogens (tertiary/aromatic N) is 1. The zero-order chi connectivity index (χ0) is 38.9. The Morgan fingerprint density at radius 1 is 0.203 bits per heavy atom. The lowest BCUT2D eigenvalue weighted by Crippen LogP contribution is -2.00. The average Bonchev–Trinajstić information content (AvgIpc) is 3.64. The first kappa shape index (κ1) is 33.4. The number of hydrogen-bond acceptors (Lipinski definition) is 0. The second-order valence-electron chi connectivity index (χ2n) is 15.6. The summed E-state index contributed by atoms with van der Waals surface area (Å²) in [6, 6.07) is 82.7. The Labute approximate surface area is 342 Å². The van der Waals surface area contributed by atoms with Crippen LogP contribution in [0.25, 0.3) is 115 Å². The molecule has 0 aliphatic carbocycles. The van der Waals surface area contributed by atoms with Crippen LogP contribution in [0.4, 0.5) is 0 Å². The van der Waals surface area contributed by atoms with E-state index in [2.05, 4.69) is 229 Å². The molecule has 1 heterocycles. The van der Waals surface area contributed by atoms with Gasteiger partial charge in [0.1, 0.15) is 0 Å². The number of benzene rings is 11. The maximum atomic E-state index is 2.51. The maximum absolute atomic E-state index is 2.51. The normalized spacial score (nSPS) is 11.7. The van der Waals surface area contributed by atoms with Crippen LogP contribution in [0.5, 0.6) is 0 Å². The molecule has 59 heavy (non-hydrogen) atoms. The van der Waals surface area contributed by atoms with Gasteiger partial charge in [-0.1, -0.05) is 200 Å². The molecule has 0 fully saturated rings. The van der Waals surface area contributed by atoms with E-state index in [9.17, 15) is 0 Å². The van der Waals surface area contributed by atoms with Gasteiger partial charge in [-0.2, -0.15) is 0 Å². The van der Waals surface area contributed by atoms with Crippen molar-refractivity contribution in [3.05, 3.63) is 224 Å². The Bertz CT molecular complexity index is 3370. The van der Waals surface area contributed by atoms with Gasteiger partial charge in [-0.3, -0.25) is 0 Å². The van der Waals surface area contributed by atoms with Gasteiger partial charge < -0.3 is 4.57 Å². The van der Waals surface area contributed by atoms with Crippen molar-refractivity contribution in [1.29, 1.82) is 0 Å². The Balaban J connectivity index is 1.28. The number of aromatic nitrogens is 1. The van der Waals surface area contributed by atoms with E-state index in [0.29, 0.717) is 0 Å². The fourth-order valence-corrected chi connectivity index (χ4v) is 9.81. The van der Waals surface area contributed by atoms with Gasteiger partial charge >= 0.3 is 0 Å². The molecule has 1 heteroatoms. The SMILES string of the molecule is c1ccc(-c2ccc3c(-c4c5ccccc5c(-n5c6ccccc6c6ccccc65)c5ccccc45)c4ccc(-c5ccccc5)cc4c(-c4ccccc4)c3c2)cc1. The van der Waals surface area contributed by atoms with E-state index < -0.39 is 0 Å². The van der Waals surface area contributed by atoms with E-state index >= 15 is 0 Å². The van der Waals surface area contributed by atoms with Gasteiger partial charge in [0, 0.05) is 21.5 Å². The molecule has 0 atom stereocenters. The lowest BCUT2D eigenvalue weighted by molar-refractivity contribution is 1.21. The molecule has 0 aliphatic rings. The van der Waals surface area contributed by atoms with E-state index in [4.69, 9.17) is 0 Å². The van der Waals surface area contributed by atoms with Crippen LogP contribution in [0.1, 0.15) is 0 Å². The zero-order valence-electron chi connectivity index (χ0n) is 32.3. The van der Waals surface area contributed by atoms with Crippen molar-refractivity contribution in [2.45, 2.75) is 0 Å². The molecule has 0 saturated heterocycles. The molecule has 1 aromatic heterocycles. The van der Waals surface area contributed by atoms with Crippen LogP contribution >= 0.6 is 0 Å². The number of para-hydroxylation sites is 2. The second-order valence-corrected chi connectivity index (χ2v) is 15.6. The number of fused-ring (bicyclic) bond motifs is 7. The largest absolute Gasteiger partial charge is 0.308 e. The molecule has 12 aromatic rings. The third-order valence-corrected chi connectivity index (χ3v) is 12.3. The molecule has 0 unspecified atom stereocenters. The Morgan fingerprint density at radius 2 is 0.542 bits per heavy atom. The predicted molar refractivity (Wildman–Crippen MR) is 253 cm³/mol. The van der Waals surface area contributed by atoms with Crippen LogP contribution < -0.4 is 0 Å². The van der Waals surface area contributed by atoms with E-state index in [-0.39, 0.29) is 0 Å². The minimum atomic E-state index is 1.20. The molecule has 0 spiro atoms. The highest BCUT2D eigenvalue weighted by atomic mass is 15.0. The third-order valence-electron chi connectivity index (χ3n) is 12.3. The van der Waals surface area contributed by atoms with Gasteiger partial charge in [-0.05, 0) is 101 Å². The first-order chi connectivity index (χ1) is 29.3. The van der Waals surface area contributed by atoms with E-state index in [1.807, 2.05) is 0 Å². The number of hydrogen-bond donors (Lipinski definition) is 0. The minimum absolute atomic E-state index is 1.20. The standard InChI is InChI=1S/C58H37N/c1-4-18-38(19-5-1)41-32-34-47-51(36-41)55(40-22-8-3-9-23-40)52-37-42(39-20-6-2-7-21-39)33-35-48(52)57(47)56-45-26-10-12-28-49(45)58(50-29-13-11-27-46(50)56)59-53-30-16-14-24-43(53)44-25-15-17-31-54(44)59/h1-37H. The summed E-state index contributed by atoms with van der Waals surface area (Å²) in [5.41, 5.74) is 13.4. The van der Waals surface area contributed by atoms with Crippen LogP contribution in [-0.4, -0.2) is 4.57 Å². The Morgan fingerprint density at radius 3 is 0.983 bits per heavy atom. The summed E-state index contributed by atoms with van der Waals surface area (Å²) in [4.78, 5) is 0. The Kier molecular flexibility index (Phi) is 7.61. The van der Waals surface area contributed by atoms with Gasteiger partial charge in [0.15, 0.2) is 0 Å². The number of rotatable bonds is 5. The fraction of sp³-hybridized carbons (Fsp3) is 0. The molecule has 0 saturated carbocycles. The first-order valence-electron chi connectivity index (χ1n) is 20.4. The lowest BCUT2D eigenvalue weighted by Gasteiger charge is -2.23. The fourth-order valence-electron chi connectivity index (χ4n) is 9.81. The second kappa shape index (κ2) is 13.4. The van der Waals surface area contributed by atoms with Crippen molar-refractivity contribution in [2.75, 3.05) is 0 Å². The lowest BCUT2D eigenvalue weighted by atomic mass is 9.81. The topological polar surface area (TPSA) is 4.93 Å². The molecule has 11 aromatic carbocycles. The molecule has 0 amide bonds. The maximum Gasteiger partial charge on any atom is 0.0619 e. The van der Waals surface area contributed by atoms with Crippen molar-refractivity contribution in [1.82, 2.24) is 4.57 Å². The van der Waals surface area contributed by atoms with Gasteiger partial charge in [-0.15, -0.1) is 0 Å². The summed E-state index contributed by atoms with van der Waals surface area (Å²) < 4.78 is 2.51. The zero-order valence-corrected chi connectivity index (χ0v) is 32.3. The third kappa shape index (κ3) is 5.18. The smallest absolute Gasteiger partial charge is 0.0619 e. The molecule has 0 radical (unpaired) electrons. The van der Waals surface area contributed by atoms with Gasteiger partial charge in [-0.25, -0.2) is 0 Å². The van der Waals surface area contributed by atoms with Gasteiger partial charge in [0.2, 0.25) is 0 Å². The van der Waals surface area contributed by atoms with Gasteiger partial charge in [0.25, 0.3) is 0 Å². The van der Waals surface area contributed by atoms with Crippen molar-refractivity contribution in [2.24, 2.45) is 0 Å². The summed E-state index contributed by atoms with van der Waals surface area (Å²) >= 11 is 0. The molecule has 0 N–H and O–H groups in total. The van der Waals surface area contributed by atoms with Crippen LogP contribution in [0.3, 0.4) is 0 Å². The van der Waals surface area contributed by atoms with Crippen LogP contribution in [0, 0.1) is 0 Å². The van der Waals surface area contributed by atoms with Crippen molar-refractivity contribution < 1.29 is 0 Å². The van der Waals surface area contributed by atoms with E-state index in [0.717, 1.165) is 0 Å². The summed E-state index contributed by atoms with van der Waals surface area (Å²) in [5.74, 6) is 0. The van der Waals surface area contributed by atoms with Crippen molar-refractivity contribution in [3.8, 4) is 50.2 Å². The summed E-state index contributed by atoms with van der Waals surface area (Å²) in [6.45, 7) is 0. The average molecular weight is 748 g/mol. The molecule has 274 valence electrons. The summed E-state index contributed by atoms with van der Waals surface area (Å²) in [7, 11) is 0. The van der Waals surface area contributed by atoms with Gasteiger partial charge in [0.05, 0.1) is 16.7 Å². The highest BCUT2D eigenvalue weighted by molar-refractivity contribution is 6.30. The quantitative estimate of drug-likeness (QED) is 0.155. The molecule has 0 aliphatic heterocycles. The highest BCUT2D eigenvalue weighted by Crippen LogP contribution is 2.51. The minimum Gasteiger partial charge on any atom is -0.308 e. The van der Waals surface area contributed by atoms with E-state index in [1.165, 1.54) is 115 Å². The molecule has 12 rings (SSSR count). The molecular formula is C58H37N. The summed E-state index contributed by atoms with van der Waals surface area (Å²) in [6.07, 6.45) is 0. The van der Waals surface area contributed by atoms with Crippen molar-refractivity contribution in [3.63, 3.8) is 0 Å². The molecular weight excluding hydrogens is 711 g/mol. The van der Waals surface area contributed by atoms with Crippen LogP contribution in [0.15, 0.2) is 224 Å². The molecule has 1 nitrogen and oxygen atoms in total. The highest BCUT2D eigenvalue weighted by Gasteiger charge is 2.24. The van der Waals surface area contributed by atoms with Crippen LogP contribution in [0.2, 0.25) is 0 Å². The summed E-state index contributed by atoms with van der Waals surface area (Å²) in [5, 5.41) is 12.4. The first-order valence-corrected chi connectivity index (χ1v) is 20.4. The predicted octanol–water partition coefficient (Wildman–Crippen LogP) is 16.1. The van der Waals surface area contributed by atoms with Crippen molar-refractivity contribution >= 4 is 64.9 Å². The van der Waals surface area contributed by atoms with Crippen LogP contribution in [-0.2, 0) is 0 Å². The Hall–Kier alpha value is -7.74. The monoisotopic (exact) mass is 747 g/mol.